The highest BCUT2D eigenvalue weighted by atomic mass is 79.9. The maximum atomic E-state index is 13.6. The minimum atomic E-state index is 0.0688. The molecule has 1 aromatic rings. The second kappa shape index (κ2) is 9.94. The van der Waals surface area contributed by atoms with Crippen LogP contribution in [0.5, 0.6) is 0 Å². The summed E-state index contributed by atoms with van der Waals surface area (Å²) in [5.41, 5.74) is 0.274. The normalized spacial score (nSPS) is 39.6. The van der Waals surface area contributed by atoms with Crippen molar-refractivity contribution in [2.24, 2.45) is 46.3 Å². The van der Waals surface area contributed by atoms with Crippen LogP contribution in [0.1, 0.15) is 103 Å². The van der Waals surface area contributed by atoms with Gasteiger partial charge in [-0.05, 0) is 107 Å². The molecule has 9 atom stereocenters. The molecule has 4 saturated carbocycles. The fourth-order valence-corrected chi connectivity index (χ4v) is 10.8. The highest BCUT2D eigenvalue weighted by Crippen LogP contribution is 2.67. The molecule has 1 unspecified atom stereocenters. The molecule has 0 aromatic carbocycles. The molecule has 0 saturated heterocycles. The Morgan fingerprint density at radius 2 is 1.86 bits per heavy atom. The summed E-state index contributed by atoms with van der Waals surface area (Å²) in [6.07, 6.45) is 8.81. The third kappa shape index (κ3) is 4.46. The molecule has 0 bridgehead atoms. The summed E-state index contributed by atoms with van der Waals surface area (Å²) in [6.45, 7) is 9.22. The molecule has 4 aliphatic carbocycles. The van der Waals surface area contributed by atoms with E-state index in [1.54, 1.807) is 11.3 Å². The molecule has 1 heterocycles. The van der Waals surface area contributed by atoms with Gasteiger partial charge >= 0.3 is 0 Å². The van der Waals surface area contributed by atoms with E-state index < -0.39 is 0 Å². The number of amides is 1. The second-order valence-electron chi connectivity index (χ2n) is 12.9. The summed E-state index contributed by atoms with van der Waals surface area (Å²) < 4.78 is 1.09. The number of hydrogen-bond donors (Lipinski definition) is 1. The van der Waals surface area contributed by atoms with Gasteiger partial charge in [0.15, 0.2) is 0 Å². The Morgan fingerprint density at radius 3 is 2.56 bits per heavy atom. The number of fused-ring (bicyclic) bond motifs is 5. The fraction of sp³-hybridized carbons (Fsp3) is 0.767. The Labute approximate surface area is 228 Å². The van der Waals surface area contributed by atoms with Crippen molar-refractivity contribution in [2.45, 2.75) is 97.9 Å². The molecule has 5 rings (SSSR count). The summed E-state index contributed by atoms with van der Waals surface area (Å²) in [4.78, 5) is 40.1. The van der Waals surface area contributed by atoms with Crippen LogP contribution in [-0.2, 0) is 14.4 Å². The number of hydrogen-bond acceptors (Lipinski definition) is 4. The monoisotopic (exact) mass is 575 g/mol. The van der Waals surface area contributed by atoms with Crippen molar-refractivity contribution >= 4 is 44.7 Å². The van der Waals surface area contributed by atoms with Crippen molar-refractivity contribution < 1.29 is 14.4 Å². The molecule has 198 valence electrons. The lowest BCUT2D eigenvalue weighted by atomic mass is 9.44. The third-order valence-electron chi connectivity index (χ3n) is 11.2. The first-order valence-electron chi connectivity index (χ1n) is 14.2. The van der Waals surface area contributed by atoms with Crippen LogP contribution in [0.4, 0.5) is 0 Å². The standard InChI is InChI=1S/C30H42BrNO3S/c1-5-23(25-8-9-26(31)36-25)32-27(35)14-17(2)20-6-7-21-28-22(11-13-30(20,21)4)29(3)12-10-19(33)15-18(29)16-24(28)34/h8-9,17-18,20-23,28H,5-7,10-16H2,1-4H3,(H,32,35)/t17-,18+,20-,21+,22+,23?,28+,29+,30-/m1/s1. The molecule has 4 fully saturated rings. The summed E-state index contributed by atoms with van der Waals surface area (Å²) in [5.74, 6) is 3.01. The maximum Gasteiger partial charge on any atom is 0.220 e. The topological polar surface area (TPSA) is 63.2 Å². The average molecular weight is 577 g/mol. The summed E-state index contributed by atoms with van der Waals surface area (Å²) in [6, 6.07) is 4.22. The molecule has 0 radical (unpaired) electrons. The number of carbonyl (C=O) groups is 3. The van der Waals surface area contributed by atoms with E-state index in [0.717, 1.165) is 42.3 Å². The Kier molecular flexibility index (Phi) is 7.35. The molecular weight excluding hydrogens is 534 g/mol. The predicted molar refractivity (Wildman–Crippen MR) is 148 cm³/mol. The van der Waals surface area contributed by atoms with Crippen molar-refractivity contribution in [1.29, 1.82) is 0 Å². The SMILES string of the molecule is CCC(NC(=O)C[C@@H](C)[C@H]1CC[C@H]2[C@@H]3C(=O)C[C@@H]4CC(=O)CC[C@]4(C)[C@H]3CC[C@]12C)c1ccc(Br)s1. The van der Waals surface area contributed by atoms with Crippen molar-refractivity contribution in [3.8, 4) is 0 Å². The molecule has 1 aromatic heterocycles. The first-order valence-corrected chi connectivity index (χ1v) is 15.8. The molecule has 0 aliphatic heterocycles. The van der Waals surface area contributed by atoms with Gasteiger partial charge in [-0.3, -0.25) is 14.4 Å². The van der Waals surface area contributed by atoms with Crippen LogP contribution in [-0.4, -0.2) is 17.5 Å². The van der Waals surface area contributed by atoms with E-state index in [1.807, 2.05) is 6.07 Å². The predicted octanol–water partition coefficient (Wildman–Crippen LogP) is 7.51. The zero-order valence-corrected chi connectivity index (χ0v) is 24.7. The van der Waals surface area contributed by atoms with Gasteiger partial charge in [0.05, 0.1) is 9.83 Å². The Bertz CT molecular complexity index is 1040. The second-order valence-corrected chi connectivity index (χ2v) is 15.4. The quantitative estimate of drug-likeness (QED) is 0.381. The first kappa shape index (κ1) is 26.6. The number of halogens is 1. The summed E-state index contributed by atoms with van der Waals surface area (Å²) >= 11 is 5.23. The lowest BCUT2D eigenvalue weighted by Gasteiger charge is -2.59. The van der Waals surface area contributed by atoms with E-state index in [9.17, 15) is 14.4 Å². The third-order valence-corrected chi connectivity index (χ3v) is 13.0. The summed E-state index contributed by atoms with van der Waals surface area (Å²) in [7, 11) is 0. The number of rotatable bonds is 6. The molecular formula is C30H42BrNO3S. The maximum absolute atomic E-state index is 13.6. The molecule has 0 spiro atoms. The van der Waals surface area contributed by atoms with E-state index in [0.29, 0.717) is 60.9 Å². The minimum Gasteiger partial charge on any atom is -0.348 e. The number of carbonyl (C=O) groups excluding carboxylic acids is 3. The van der Waals surface area contributed by atoms with Crippen molar-refractivity contribution in [2.75, 3.05) is 0 Å². The minimum absolute atomic E-state index is 0.0688. The van der Waals surface area contributed by atoms with Gasteiger partial charge in [0.1, 0.15) is 11.6 Å². The average Bonchev–Trinajstić information content (AvgIpc) is 3.41. The largest absolute Gasteiger partial charge is 0.348 e. The molecule has 1 N–H and O–H groups in total. The van der Waals surface area contributed by atoms with Crippen LogP contribution >= 0.6 is 27.3 Å². The van der Waals surface area contributed by atoms with Gasteiger partial charge in [0, 0.05) is 36.5 Å². The van der Waals surface area contributed by atoms with Crippen molar-refractivity contribution in [3.05, 3.63) is 20.8 Å². The van der Waals surface area contributed by atoms with Gasteiger partial charge in [-0.15, -0.1) is 11.3 Å². The van der Waals surface area contributed by atoms with Gasteiger partial charge in [-0.1, -0.05) is 27.7 Å². The van der Waals surface area contributed by atoms with Gasteiger partial charge in [0.25, 0.3) is 0 Å². The summed E-state index contributed by atoms with van der Waals surface area (Å²) in [5, 5.41) is 3.30. The highest BCUT2D eigenvalue weighted by Gasteiger charge is 2.63. The van der Waals surface area contributed by atoms with Gasteiger partial charge in [0.2, 0.25) is 5.91 Å². The van der Waals surface area contributed by atoms with E-state index in [4.69, 9.17) is 0 Å². The first-order chi connectivity index (χ1) is 17.1. The number of Topliss-reactive ketones (excluding diaryl/α,β-unsaturated/α-hetero) is 2. The molecule has 4 nitrogen and oxygen atoms in total. The molecule has 1 amide bonds. The van der Waals surface area contributed by atoms with Crippen LogP contribution in [0, 0.1) is 46.3 Å². The van der Waals surface area contributed by atoms with E-state index in [2.05, 4.69) is 55.0 Å². The molecule has 6 heteroatoms. The van der Waals surface area contributed by atoms with E-state index in [1.165, 1.54) is 4.88 Å². The number of thiophene rings is 1. The van der Waals surface area contributed by atoms with Crippen LogP contribution in [0.2, 0.25) is 0 Å². The number of nitrogens with one attached hydrogen (secondary N) is 1. The lowest BCUT2D eigenvalue weighted by molar-refractivity contribution is -0.159. The fourth-order valence-electron chi connectivity index (χ4n) is 9.28. The van der Waals surface area contributed by atoms with Gasteiger partial charge in [-0.2, -0.15) is 0 Å². The Morgan fingerprint density at radius 1 is 1.11 bits per heavy atom. The Balaban J connectivity index is 1.28. The van der Waals surface area contributed by atoms with E-state index >= 15 is 0 Å². The zero-order chi connectivity index (χ0) is 25.8. The van der Waals surface area contributed by atoms with Gasteiger partial charge < -0.3 is 5.32 Å². The molecule has 4 aliphatic rings. The van der Waals surface area contributed by atoms with Crippen LogP contribution in [0.25, 0.3) is 0 Å². The zero-order valence-electron chi connectivity index (χ0n) is 22.3. The van der Waals surface area contributed by atoms with Crippen LogP contribution in [0.3, 0.4) is 0 Å². The van der Waals surface area contributed by atoms with E-state index in [-0.39, 0.29) is 34.6 Å². The molecule has 36 heavy (non-hydrogen) atoms. The van der Waals surface area contributed by atoms with Crippen LogP contribution in [0.15, 0.2) is 15.9 Å². The highest BCUT2D eigenvalue weighted by molar-refractivity contribution is 9.11. The lowest BCUT2D eigenvalue weighted by Crippen LogP contribution is -2.57. The van der Waals surface area contributed by atoms with Gasteiger partial charge in [-0.25, -0.2) is 0 Å². The Hall–Kier alpha value is -1.01. The smallest absolute Gasteiger partial charge is 0.220 e. The van der Waals surface area contributed by atoms with Crippen LogP contribution < -0.4 is 5.32 Å². The number of ketones is 2. The van der Waals surface area contributed by atoms with Crippen molar-refractivity contribution in [1.82, 2.24) is 5.32 Å². The van der Waals surface area contributed by atoms with Crippen molar-refractivity contribution in [3.63, 3.8) is 0 Å².